The fourth-order valence-corrected chi connectivity index (χ4v) is 6.06. The van der Waals surface area contributed by atoms with Crippen molar-refractivity contribution in [3.05, 3.63) is 155 Å². The fraction of sp³-hybridized carbons (Fsp3) is 0.238. The molecule has 0 bridgehead atoms. The average molecular weight is 858 g/mol. The third-order valence-electron chi connectivity index (χ3n) is 8.96. The number of H-pyrrole nitrogens is 1. The summed E-state index contributed by atoms with van der Waals surface area (Å²) in [7, 11) is 2.56. The van der Waals surface area contributed by atoms with Crippen LogP contribution < -0.4 is 10.6 Å². The number of amides is 2. The first kappa shape index (κ1) is 44.1. The van der Waals surface area contributed by atoms with Gasteiger partial charge in [-0.15, -0.1) is 15.8 Å². The summed E-state index contributed by atoms with van der Waals surface area (Å²) in [6.45, 7) is 1.06. The van der Waals surface area contributed by atoms with Gasteiger partial charge >= 0.3 is 41.2 Å². The molecule has 0 fully saturated rings. The number of hydrogen-bond donors (Lipinski definition) is 3. The van der Waals surface area contributed by atoms with E-state index in [0.717, 1.165) is 33.2 Å². The normalized spacial score (nSPS) is 11.6. The van der Waals surface area contributed by atoms with Gasteiger partial charge in [0.15, 0.2) is 0 Å². The Morgan fingerprint density at radius 2 is 1.33 bits per heavy atom. The van der Waals surface area contributed by atoms with E-state index in [0.29, 0.717) is 30.9 Å². The topological polar surface area (TPSA) is 206 Å². The number of benzene rings is 2. The number of aromatic nitrogens is 7. The average Bonchev–Trinajstić information content (AvgIpc) is 4.13. The molecule has 0 aliphatic carbocycles. The van der Waals surface area contributed by atoms with Crippen molar-refractivity contribution in [1.82, 2.24) is 45.6 Å². The van der Waals surface area contributed by atoms with Crippen LogP contribution in [0.3, 0.4) is 0 Å². The Morgan fingerprint density at radius 3 is 1.93 bits per heavy atom. The minimum absolute atomic E-state index is 0. The number of para-hydroxylation sites is 1. The zero-order valence-corrected chi connectivity index (χ0v) is 33.9. The third kappa shape index (κ3) is 13.0. The minimum atomic E-state index is -0.885. The maximum Gasteiger partial charge on any atom is 2.00 e. The van der Waals surface area contributed by atoms with Crippen LogP contribution in [0.1, 0.15) is 33.6 Å². The number of alkyl carbamates (subject to hydrolysis) is 2. The molecular formula is C42H43FeN9O8. The van der Waals surface area contributed by atoms with Crippen LogP contribution in [-0.2, 0) is 84.8 Å². The molecule has 7 aromatic rings. The summed E-state index contributed by atoms with van der Waals surface area (Å²) in [6.07, 6.45) is 4.35. The van der Waals surface area contributed by atoms with Crippen LogP contribution in [0.15, 0.2) is 122 Å². The predicted octanol–water partition coefficient (Wildman–Crippen LogP) is 4.59. The second-order valence-electron chi connectivity index (χ2n) is 13.2. The number of rotatable bonds is 16. The second kappa shape index (κ2) is 22.2. The molecule has 312 valence electrons. The number of nitrogens with one attached hydrogen (secondary N) is 3. The molecule has 0 aliphatic heterocycles. The Hall–Kier alpha value is -7.04. The molecule has 7 rings (SSSR count). The van der Waals surface area contributed by atoms with Gasteiger partial charge in [-0.2, -0.15) is 35.9 Å². The van der Waals surface area contributed by atoms with Crippen molar-refractivity contribution in [1.29, 1.82) is 0 Å². The summed E-state index contributed by atoms with van der Waals surface area (Å²) in [4.78, 5) is 51.7. The SMILES string of the molecule is COC(=O)[C@H](Cc1c[nH]c2ccccc12)NC(=O)OCc1cn(Cc2ccc[cH-]2)nn1.COC(=O)[C@H](Cc1ccccc1)NC(=O)OCc1cn(Cc2cc[cH-]c2)nn1.[Fe+2]. The minimum Gasteiger partial charge on any atom is -0.467 e. The molecule has 0 saturated heterocycles. The van der Waals surface area contributed by atoms with Gasteiger partial charge < -0.3 is 34.6 Å². The molecule has 60 heavy (non-hydrogen) atoms. The van der Waals surface area contributed by atoms with Crippen molar-refractivity contribution in [2.75, 3.05) is 14.2 Å². The molecule has 2 atom stereocenters. The van der Waals surface area contributed by atoms with Crippen LogP contribution in [0.5, 0.6) is 0 Å². The summed E-state index contributed by atoms with van der Waals surface area (Å²) in [5.41, 5.74) is 5.97. The summed E-state index contributed by atoms with van der Waals surface area (Å²) < 4.78 is 23.3. The van der Waals surface area contributed by atoms with Crippen molar-refractivity contribution in [2.24, 2.45) is 0 Å². The molecule has 0 radical (unpaired) electrons. The Kier molecular flexibility index (Phi) is 16.3. The van der Waals surface area contributed by atoms with Crippen molar-refractivity contribution >= 4 is 35.0 Å². The van der Waals surface area contributed by atoms with Gasteiger partial charge in [0, 0.05) is 43.0 Å². The van der Waals surface area contributed by atoms with Gasteiger partial charge in [-0.1, -0.05) is 59.0 Å². The predicted molar refractivity (Wildman–Crippen MR) is 213 cm³/mol. The van der Waals surface area contributed by atoms with Crippen LogP contribution in [0.25, 0.3) is 10.9 Å². The van der Waals surface area contributed by atoms with Crippen molar-refractivity contribution in [3.63, 3.8) is 0 Å². The molecule has 0 saturated carbocycles. The number of ether oxygens (including phenoxy) is 4. The number of nitrogens with zero attached hydrogens (tertiary/aromatic N) is 6. The molecule has 0 aliphatic rings. The van der Waals surface area contributed by atoms with E-state index in [-0.39, 0.29) is 36.7 Å². The first-order chi connectivity index (χ1) is 28.8. The number of hydrogen-bond acceptors (Lipinski definition) is 12. The van der Waals surface area contributed by atoms with Gasteiger partial charge in [-0.05, 0) is 17.2 Å². The molecule has 3 N–H and O–H groups in total. The van der Waals surface area contributed by atoms with Crippen LogP contribution in [0, 0.1) is 0 Å². The monoisotopic (exact) mass is 857 g/mol. The van der Waals surface area contributed by atoms with Gasteiger partial charge in [-0.3, -0.25) is 4.68 Å². The van der Waals surface area contributed by atoms with E-state index in [4.69, 9.17) is 18.9 Å². The molecule has 3 aromatic heterocycles. The largest absolute Gasteiger partial charge is 2.00 e. The van der Waals surface area contributed by atoms with Gasteiger partial charge in [0.25, 0.3) is 0 Å². The second-order valence-corrected chi connectivity index (χ2v) is 13.2. The van der Waals surface area contributed by atoms with E-state index in [1.165, 1.54) is 14.2 Å². The summed E-state index contributed by atoms with van der Waals surface area (Å²) in [6, 6.07) is 31.1. The first-order valence-corrected chi connectivity index (χ1v) is 18.6. The Labute approximate surface area is 355 Å². The molecule has 2 amide bonds. The Morgan fingerprint density at radius 1 is 0.717 bits per heavy atom. The van der Waals surface area contributed by atoms with Gasteiger partial charge in [0.1, 0.15) is 36.7 Å². The number of esters is 2. The van der Waals surface area contributed by atoms with Crippen molar-refractivity contribution in [3.8, 4) is 0 Å². The third-order valence-corrected chi connectivity index (χ3v) is 8.96. The first-order valence-electron chi connectivity index (χ1n) is 18.6. The maximum atomic E-state index is 12.3. The van der Waals surface area contributed by atoms with E-state index in [9.17, 15) is 19.2 Å². The Bertz CT molecular complexity index is 2390. The maximum absolute atomic E-state index is 12.3. The smallest absolute Gasteiger partial charge is 0.467 e. The molecule has 4 aromatic carbocycles. The van der Waals surface area contributed by atoms with Crippen molar-refractivity contribution in [2.45, 2.75) is 51.2 Å². The molecule has 17 nitrogen and oxygen atoms in total. The van der Waals surface area contributed by atoms with Gasteiger partial charge in [0.2, 0.25) is 0 Å². The van der Waals surface area contributed by atoms with Crippen LogP contribution >= 0.6 is 0 Å². The van der Waals surface area contributed by atoms with Crippen LogP contribution in [-0.4, -0.2) is 85.4 Å². The fourth-order valence-electron chi connectivity index (χ4n) is 6.06. The van der Waals surface area contributed by atoms with Crippen molar-refractivity contribution < 1.29 is 55.2 Å². The quantitative estimate of drug-likeness (QED) is 0.0528. The summed E-state index contributed by atoms with van der Waals surface area (Å²) >= 11 is 0. The van der Waals surface area contributed by atoms with Crippen LogP contribution in [0.2, 0.25) is 0 Å². The number of fused-ring (bicyclic) bond motifs is 1. The van der Waals surface area contributed by atoms with Crippen LogP contribution in [0.4, 0.5) is 9.59 Å². The number of carbonyl (C=O) groups excluding carboxylic acids is 4. The zero-order valence-electron chi connectivity index (χ0n) is 32.7. The van der Waals surface area contributed by atoms with E-state index in [1.807, 2.05) is 109 Å². The summed E-state index contributed by atoms with van der Waals surface area (Å²) in [5, 5.41) is 22.1. The molecule has 18 heteroatoms. The number of carbonyl (C=O) groups is 4. The van der Waals surface area contributed by atoms with E-state index >= 15 is 0 Å². The van der Waals surface area contributed by atoms with E-state index in [2.05, 4.69) is 36.2 Å². The molecule has 0 unspecified atom stereocenters. The zero-order chi connectivity index (χ0) is 41.4. The van der Waals surface area contributed by atoms with E-state index in [1.54, 1.807) is 21.8 Å². The summed E-state index contributed by atoms with van der Waals surface area (Å²) in [5.74, 6) is -1.09. The standard InChI is InChI=1S/C22H22N5O4.C20H21N4O4.Fe/c1-30-21(28)20(10-16-11-23-19-9-5-4-8-18(16)19)24-22(29)31-14-17-13-27(26-25-17)12-15-6-2-3-7-15;1-27-19(25)18(11-15-7-3-2-4-8-15)21-20(26)28-14-17-13-24(23-22-17)12-16-9-5-6-10-16;/h2-9,11,13,20,23H,10,12,14H2,1H3,(H,24,29);2-10,13,18H,11-12,14H2,1H3,(H,21,26);/q2*-1;+2/t20-;18-;/m00./s1. The number of aromatic amines is 1. The molecule has 3 heterocycles. The van der Waals surface area contributed by atoms with Gasteiger partial charge in [0.05, 0.1) is 26.6 Å². The Balaban J connectivity index is 0.000000225. The van der Waals surface area contributed by atoms with Gasteiger partial charge in [-0.25, -0.2) is 42.1 Å². The number of methoxy groups -OCH3 is 2. The van der Waals surface area contributed by atoms with E-state index < -0.39 is 36.2 Å². The molecule has 0 spiro atoms. The molecular weight excluding hydrogens is 814 g/mol.